The summed E-state index contributed by atoms with van der Waals surface area (Å²) < 4.78 is 1.62. The lowest BCUT2D eigenvalue weighted by Gasteiger charge is -2.07. The Bertz CT molecular complexity index is 1150. The second-order valence-electron chi connectivity index (χ2n) is 6.04. The number of thiazole rings is 1. The fourth-order valence-corrected chi connectivity index (χ4v) is 3.82. The van der Waals surface area contributed by atoms with Gasteiger partial charge < -0.3 is 5.32 Å². The molecule has 0 saturated carbocycles. The van der Waals surface area contributed by atoms with Gasteiger partial charge in [0, 0.05) is 22.0 Å². The number of benzene rings is 2. The summed E-state index contributed by atoms with van der Waals surface area (Å²) in [5, 5.41) is 11.0. The summed E-state index contributed by atoms with van der Waals surface area (Å²) >= 11 is 13.5. The van der Waals surface area contributed by atoms with Crippen LogP contribution in [-0.4, -0.2) is 20.7 Å². The number of amides is 1. The Hall–Kier alpha value is -2.67. The Kier molecular flexibility index (Phi) is 5.17. The highest BCUT2D eigenvalue weighted by Crippen LogP contribution is 2.27. The van der Waals surface area contributed by atoms with Gasteiger partial charge in [0.25, 0.3) is 5.91 Å². The van der Waals surface area contributed by atoms with Crippen molar-refractivity contribution in [2.45, 2.75) is 6.92 Å². The van der Waals surface area contributed by atoms with E-state index in [0.29, 0.717) is 26.6 Å². The molecule has 140 valence electrons. The maximum atomic E-state index is 12.6. The molecule has 4 rings (SSSR count). The summed E-state index contributed by atoms with van der Waals surface area (Å²) in [5.74, 6) is 0.223. The molecule has 0 atom stereocenters. The van der Waals surface area contributed by atoms with Crippen LogP contribution in [0.1, 0.15) is 16.1 Å². The van der Waals surface area contributed by atoms with Gasteiger partial charge >= 0.3 is 0 Å². The standard InChI is InChI=1S/C20H14Cl2N4OS/c1-12-10-18(24-19(27)15-4-2-3-5-16(15)22)26(25-12)20-23-17(11-28-20)13-6-8-14(21)9-7-13/h2-11H,1H3,(H,24,27). The Labute approximate surface area is 175 Å². The van der Waals surface area contributed by atoms with E-state index in [9.17, 15) is 4.79 Å². The molecule has 4 aromatic rings. The highest BCUT2D eigenvalue weighted by molar-refractivity contribution is 7.12. The van der Waals surface area contributed by atoms with Gasteiger partial charge in [0.1, 0.15) is 5.82 Å². The number of hydrogen-bond acceptors (Lipinski definition) is 4. The van der Waals surface area contributed by atoms with E-state index >= 15 is 0 Å². The van der Waals surface area contributed by atoms with Gasteiger partial charge in [-0.05, 0) is 31.2 Å². The molecule has 1 N–H and O–H groups in total. The molecule has 1 amide bonds. The van der Waals surface area contributed by atoms with Gasteiger partial charge in [-0.3, -0.25) is 4.79 Å². The number of nitrogens with one attached hydrogen (secondary N) is 1. The average molecular weight is 429 g/mol. The summed E-state index contributed by atoms with van der Waals surface area (Å²) in [5.41, 5.74) is 2.93. The quantitative estimate of drug-likeness (QED) is 0.442. The van der Waals surface area contributed by atoms with Crippen LogP contribution in [0.15, 0.2) is 60.0 Å². The van der Waals surface area contributed by atoms with E-state index in [1.54, 1.807) is 35.0 Å². The third-order valence-electron chi connectivity index (χ3n) is 4.00. The topological polar surface area (TPSA) is 59.8 Å². The number of nitrogens with zero attached hydrogens (tertiary/aromatic N) is 3. The zero-order valence-electron chi connectivity index (χ0n) is 14.7. The average Bonchev–Trinajstić information content (AvgIpc) is 3.29. The van der Waals surface area contributed by atoms with Crippen LogP contribution in [0, 0.1) is 6.92 Å². The number of aryl methyl sites for hydroxylation is 1. The number of hydrogen-bond donors (Lipinski definition) is 1. The molecular weight excluding hydrogens is 415 g/mol. The number of carbonyl (C=O) groups excluding carboxylic acids is 1. The van der Waals surface area contributed by atoms with Gasteiger partial charge in [-0.15, -0.1) is 11.3 Å². The molecule has 5 nitrogen and oxygen atoms in total. The third-order valence-corrected chi connectivity index (χ3v) is 5.40. The first-order valence-electron chi connectivity index (χ1n) is 8.35. The minimum atomic E-state index is -0.304. The van der Waals surface area contributed by atoms with Crippen molar-refractivity contribution in [2.75, 3.05) is 5.32 Å². The predicted octanol–water partition coefficient (Wildman–Crippen LogP) is 5.86. The monoisotopic (exact) mass is 428 g/mol. The summed E-state index contributed by atoms with van der Waals surface area (Å²) in [6, 6.07) is 16.2. The van der Waals surface area contributed by atoms with E-state index in [2.05, 4.69) is 15.4 Å². The Morgan fingerprint density at radius 2 is 1.86 bits per heavy atom. The number of anilines is 1. The smallest absolute Gasteiger partial charge is 0.258 e. The van der Waals surface area contributed by atoms with Crippen LogP contribution >= 0.6 is 34.5 Å². The first kappa shape index (κ1) is 18.7. The van der Waals surface area contributed by atoms with Gasteiger partial charge in [0.05, 0.1) is 22.0 Å². The minimum Gasteiger partial charge on any atom is -0.306 e. The minimum absolute atomic E-state index is 0.304. The summed E-state index contributed by atoms with van der Waals surface area (Å²) in [7, 11) is 0. The molecule has 0 aliphatic heterocycles. The largest absolute Gasteiger partial charge is 0.306 e. The first-order chi connectivity index (χ1) is 13.5. The van der Waals surface area contributed by atoms with Gasteiger partial charge in [-0.2, -0.15) is 9.78 Å². The SMILES string of the molecule is Cc1cc(NC(=O)c2ccccc2Cl)n(-c2nc(-c3ccc(Cl)cc3)cs2)n1. The molecule has 0 spiro atoms. The van der Waals surface area contributed by atoms with Crippen LogP contribution in [0.2, 0.25) is 10.0 Å². The van der Waals surface area contributed by atoms with E-state index in [-0.39, 0.29) is 5.91 Å². The van der Waals surface area contributed by atoms with Gasteiger partial charge in [-0.1, -0.05) is 47.5 Å². The van der Waals surface area contributed by atoms with Crippen LogP contribution in [0.3, 0.4) is 0 Å². The molecule has 0 saturated heterocycles. The summed E-state index contributed by atoms with van der Waals surface area (Å²) in [4.78, 5) is 17.3. The maximum absolute atomic E-state index is 12.6. The van der Waals surface area contributed by atoms with Gasteiger partial charge in [-0.25, -0.2) is 4.98 Å². The van der Waals surface area contributed by atoms with Crippen molar-refractivity contribution in [1.29, 1.82) is 0 Å². The van der Waals surface area contributed by atoms with Crippen LogP contribution in [0.4, 0.5) is 5.82 Å². The molecular formula is C20H14Cl2N4OS. The predicted molar refractivity (Wildman–Crippen MR) is 114 cm³/mol. The normalized spacial score (nSPS) is 10.8. The van der Waals surface area contributed by atoms with Crippen molar-refractivity contribution in [2.24, 2.45) is 0 Å². The lowest BCUT2D eigenvalue weighted by Crippen LogP contribution is -2.15. The lowest BCUT2D eigenvalue weighted by molar-refractivity contribution is 0.102. The van der Waals surface area contributed by atoms with Crippen LogP contribution in [0.25, 0.3) is 16.4 Å². The Balaban J connectivity index is 1.64. The van der Waals surface area contributed by atoms with E-state index in [1.807, 2.05) is 36.6 Å². The number of rotatable bonds is 4. The van der Waals surface area contributed by atoms with Crippen LogP contribution in [0.5, 0.6) is 0 Å². The second-order valence-corrected chi connectivity index (χ2v) is 7.72. The van der Waals surface area contributed by atoms with Crippen molar-refractivity contribution in [3.8, 4) is 16.4 Å². The van der Waals surface area contributed by atoms with Crippen molar-refractivity contribution in [3.63, 3.8) is 0 Å². The molecule has 2 aromatic heterocycles. The Morgan fingerprint density at radius 1 is 1.11 bits per heavy atom. The van der Waals surface area contributed by atoms with E-state index in [4.69, 9.17) is 23.2 Å². The summed E-state index contributed by atoms with van der Waals surface area (Å²) in [6.07, 6.45) is 0. The van der Waals surface area contributed by atoms with Crippen molar-refractivity contribution >= 4 is 46.3 Å². The Morgan fingerprint density at radius 3 is 2.61 bits per heavy atom. The number of aromatic nitrogens is 3. The van der Waals surface area contributed by atoms with Crippen molar-refractivity contribution in [1.82, 2.24) is 14.8 Å². The highest BCUT2D eigenvalue weighted by Gasteiger charge is 2.16. The zero-order valence-corrected chi connectivity index (χ0v) is 17.0. The fraction of sp³-hybridized carbons (Fsp3) is 0.0500. The molecule has 2 aromatic carbocycles. The molecule has 28 heavy (non-hydrogen) atoms. The van der Waals surface area contributed by atoms with Crippen LogP contribution < -0.4 is 5.32 Å². The van der Waals surface area contributed by atoms with E-state index in [1.165, 1.54) is 11.3 Å². The molecule has 0 radical (unpaired) electrons. The maximum Gasteiger partial charge on any atom is 0.258 e. The van der Waals surface area contributed by atoms with Gasteiger partial charge in [0.15, 0.2) is 0 Å². The van der Waals surface area contributed by atoms with Crippen molar-refractivity contribution < 1.29 is 4.79 Å². The number of halogens is 2. The molecule has 2 heterocycles. The van der Waals surface area contributed by atoms with Crippen molar-refractivity contribution in [3.05, 3.63) is 81.3 Å². The number of carbonyl (C=O) groups is 1. The van der Waals surface area contributed by atoms with E-state index < -0.39 is 0 Å². The zero-order chi connectivity index (χ0) is 19.7. The third kappa shape index (κ3) is 3.80. The molecule has 0 fully saturated rings. The molecule has 0 aliphatic carbocycles. The lowest BCUT2D eigenvalue weighted by atomic mass is 10.2. The molecule has 0 unspecified atom stereocenters. The molecule has 0 aliphatic rings. The molecule has 8 heteroatoms. The van der Waals surface area contributed by atoms with Gasteiger partial charge in [0.2, 0.25) is 5.13 Å². The first-order valence-corrected chi connectivity index (χ1v) is 9.99. The van der Waals surface area contributed by atoms with Crippen LogP contribution in [-0.2, 0) is 0 Å². The highest BCUT2D eigenvalue weighted by atomic mass is 35.5. The fourth-order valence-electron chi connectivity index (χ4n) is 2.68. The second kappa shape index (κ2) is 7.75. The molecule has 0 bridgehead atoms. The van der Waals surface area contributed by atoms with E-state index in [0.717, 1.165) is 17.0 Å². The summed E-state index contributed by atoms with van der Waals surface area (Å²) in [6.45, 7) is 1.86.